The molecule has 1 aromatic carbocycles. The third-order valence-electron chi connectivity index (χ3n) is 1.88. The van der Waals surface area contributed by atoms with Crippen molar-refractivity contribution in [3.05, 3.63) is 35.9 Å². The molecule has 0 aliphatic carbocycles. The van der Waals surface area contributed by atoms with Crippen LogP contribution < -0.4 is 11.1 Å². The van der Waals surface area contributed by atoms with Crippen LogP contribution in [-0.4, -0.2) is 24.8 Å². The molecule has 80 valence electrons. The highest BCUT2D eigenvalue weighted by molar-refractivity contribution is 6.07. The molecule has 0 aliphatic heterocycles. The highest BCUT2D eigenvalue weighted by Gasteiger charge is 2.10. The molecular weight excluding hydrogens is 192 g/mol. The minimum absolute atomic E-state index is 0.121. The summed E-state index contributed by atoms with van der Waals surface area (Å²) in [6, 6.07) is 8.75. The molecule has 0 saturated carbocycles. The van der Waals surface area contributed by atoms with Gasteiger partial charge in [-0.15, -0.1) is 0 Å². The monoisotopic (exact) mass is 206 g/mol. The van der Waals surface area contributed by atoms with Gasteiger partial charge in [-0.25, -0.2) is 0 Å². The van der Waals surface area contributed by atoms with Crippen LogP contribution in [0, 0.1) is 0 Å². The lowest BCUT2D eigenvalue weighted by atomic mass is 10.1. The number of ketones is 1. The van der Waals surface area contributed by atoms with Crippen molar-refractivity contribution >= 4 is 11.7 Å². The number of nitrogens with one attached hydrogen (secondary N) is 1. The molecule has 0 radical (unpaired) electrons. The van der Waals surface area contributed by atoms with Crippen molar-refractivity contribution in [3.8, 4) is 0 Å². The number of hydrogen-bond donors (Lipinski definition) is 2. The second kappa shape index (κ2) is 5.93. The van der Waals surface area contributed by atoms with Gasteiger partial charge in [0.05, 0.1) is 6.42 Å². The Balaban J connectivity index is 2.46. The van der Waals surface area contributed by atoms with E-state index in [-0.39, 0.29) is 18.1 Å². The first kappa shape index (κ1) is 11.4. The Morgan fingerprint density at radius 3 is 2.47 bits per heavy atom. The molecule has 0 unspecified atom stereocenters. The normalized spacial score (nSPS) is 9.67. The first-order valence-electron chi connectivity index (χ1n) is 4.79. The van der Waals surface area contributed by atoms with E-state index in [2.05, 4.69) is 5.32 Å². The van der Waals surface area contributed by atoms with Gasteiger partial charge in [-0.1, -0.05) is 30.3 Å². The number of nitrogens with two attached hydrogens (primary N) is 1. The summed E-state index contributed by atoms with van der Waals surface area (Å²) < 4.78 is 0. The highest BCUT2D eigenvalue weighted by Crippen LogP contribution is 2.02. The summed E-state index contributed by atoms with van der Waals surface area (Å²) in [5.41, 5.74) is 5.78. The molecule has 0 atom stereocenters. The van der Waals surface area contributed by atoms with Gasteiger partial charge < -0.3 is 11.1 Å². The maximum Gasteiger partial charge on any atom is 0.227 e. The number of benzene rings is 1. The topological polar surface area (TPSA) is 72.2 Å². The highest BCUT2D eigenvalue weighted by atomic mass is 16.2. The van der Waals surface area contributed by atoms with Gasteiger partial charge >= 0.3 is 0 Å². The van der Waals surface area contributed by atoms with Crippen LogP contribution in [0.1, 0.15) is 16.8 Å². The smallest absolute Gasteiger partial charge is 0.227 e. The largest absolute Gasteiger partial charge is 0.354 e. The average molecular weight is 206 g/mol. The molecule has 3 N–H and O–H groups in total. The van der Waals surface area contributed by atoms with E-state index in [0.29, 0.717) is 18.7 Å². The Morgan fingerprint density at radius 2 is 1.87 bits per heavy atom. The van der Waals surface area contributed by atoms with Gasteiger partial charge in [0.25, 0.3) is 0 Å². The Hall–Kier alpha value is -1.68. The first-order chi connectivity index (χ1) is 7.24. The fourth-order valence-electron chi connectivity index (χ4n) is 1.15. The third-order valence-corrected chi connectivity index (χ3v) is 1.88. The van der Waals surface area contributed by atoms with Crippen molar-refractivity contribution in [2.75, 3.05) is 13.1 Å². The lowest BCUT2D eigenvalue weighted by Crippen LogP contribution is -2.30. The van der Waals surface area contributed by atoms with Crippen molar-refractivity contribution in [2.45, 2.75) is 6.42 Å². The third kappa shape index (κ3) is 3.91. The number of hydrogen-bond acceptors (Lipinski definition) is 3. The molecule has 0 spiro atoms. The number of Topliss-reactive ketones (excluding diaryl/α,β-unsaturated/α-hetero) is 1. The quantitative estimate of drug-likeness (QED) is 0.539. The van der Waals surface area contributed by atoms with Gasteiger partial charge in [0.15, 0.2) is 5.78 Å². The maximum atomic E-state index is 11.5. The van der Waals surface area contributed by atoms with Crippen molar-refractivity contribution < 1.29 is 9.59 Å². The molecule has 4 heteroatoms. The molecule has 0 saturated heterocycles. The fraction of sp³-hybridized carbons (Fsp3) is 0.273. The van der Waals surface area contributed by atoms with E-state index in [1.807, 2.05) is 6.07 Å². The number of carbonyl (C=O) groups excluding carboxylic acids is 2. The second-order valence-corrected chi connectivity index (χ2v) is 3.10. The number of rotatable bonds is 5. The second-order valence-electron chi connectivity index (χ2n) is 3.10. The Bertz CT molecular complexity index is 336. The van der Waals surface area contributed by atoms with Gasteiger partial charge in [-0.3, -0.25) is 9.59 Å². The fourth-order valence-corrected chi connectivity index (χ4v) is 1.15. The van der Waals surface area contributed by atoms with Gasteiger partial charge in [-0.2, -0.15) is 0 Å². The predicted molar refractivity (Wildman–Crippen MR) is 57.5 cm³/mol. The summed E-state index contributed by atoms with van der Waals surface area (Å²) >= 11 is 0. The van der Waals surface area contributed by atoms with E-state index in [0.717, 1.165) is 0 Å². The average Bonchev–Trinajstić information content (AvgIpc) is 2.27. The molecule has 1 rings (SSSR count). The summed E-state index contributed by atoms with van der Waals surface area (Å²) in [6.45, 7) is 0.784. The molecule has 0 aliphatic rings. The number of amides is 1. The van der Waals surface area contributed by atoms with Crippen molar-refractivity contribution in [3.63, 3.8) is 0 Å². The van der Waals surface area contributed by atoms with Crippen LogP contribution in [-0.2, 0) is 4.79 Å². The van der Waals surface area contributed by atoms with Crippen LogP contribution in [0.2, 0.25) is 0 Å². The van der Waals surface area contributed by atoms with E-state index >= 15 is 0 Å². The van der Waals surface area contributed by atoms with Crippen LogP contribution in [0.3, 0.4) is 0 Å². The first-order valence-corrected chi connectivity index (χ1v) is 4.79. The zero-order valence-electron chi connectivity index (χ0n) is 8.40. The molecule has 0 aromatic heterocycles. The minimum Gasteiger partial charge on any atom is -0.354 e. The van der Waals surface area contributed by atoms with Crippen LogP contribution in [0.15, 0.2) is 30.3 Å². The molecule has 0 heterocycles. The Morgan fingerprint density at radius 1 is 1.20 bits per heavy atom. The lowest BCUT2D eigenvalue weighted by Gasteiger charge is -2.02. The standard InChI is InChI=1S/C11H14N2O2/c12-6-7-13-11(15)8-10(14)9-4-2-1-3-5-9/h1-5H,6-8,12H2,(H,13,15). The van der Waals surface area contributed by atoms with Crippen LogP contribution >= 0.6 is 0 Å². The molecule has 1 aromatic rings. The predicted octanol–water partition coefficient (Wildman–Crippen LogP) is 0.334. The zero-order chi connectivity index (χ0) is 11.1. The van der Waals surface area contributed by atoms with Gasteiger partial charge in [-0.05, 0) is 0 Å². The zero-order valence-corrected chi connectivity index (χ0v) is 8.40. The van der Waals surface area contributed by atoms with Crippen molar-refractivity contribution in [2.24, 2.45) is 5.73 Å². The summed E-state index contributed by atoms with van der Waals surface area (Å²) in [7, 11) is 0. The Labute approximate surface area is 88.5 Å². The van der Waals surface area contributed by atoms with Crippen LogP contribution in [0.4, 0.5) is 0 Å². The molecule has 0 bridgehead atoms. The lowest BCUT2D eigenvalue weighted by molar-refractivity contribution is -0.120. The van der Waals surface area contributed by atoms with Gasteiger partial charge in [0.2, 0.25) is 5.91 Å². The van der Waals surface area contributed by atoms with E-state index in [9.17, 15) is 9.59 Å². The summed E-state index contributed by atoms with van der Waals surface area (Å²) in [5, 5.41) is 2.55. The van der Waals surface area contributed by atoms with Crippen molar-refractivity contribution in [1.29, 1.82) is 0 Å². The minimum atomic E-state index is -0.283. The maximum absolute atomic E-state index is 11.5. The SMILES string of the molecule is NCCNC(=O)CC(=O)c1ccccc1. The molecule has 4 nitrogen and oxygen atoms in total. The molecular formula is C11H14N2O2. The van der Waals surface area contributed by atoms with Gasteiger partial charge in [0.1, 0.15) is 0 Å². The summed E-state index contributed by atoms with van der Waals surface area (Å²) in [4.78, 5) is 22.7. The van der Waals surface area contributed by atoms with Crippen molar-refractivity contribution in [1.82, 2.24) is 5.32 Å². The molecule has 15 heavy (non-hydrogen) atoms. The van der Waals surface area contributed by atoms with E-state index in [1.165, 1.54) is 0 Å². The van der Waals surface area contributed by atoms with Crippen LogP contribution in [0.25, 0.3) is 0 Å². The number of carbonyl (C=O) groups is 2. The molecule has 0 fully saturated rings. The summed E-state index contributed by atoms with van der Waals surface area (Å²) in [5.74, 6) is -0.459. The summed E-state index contributed by atoms with van der Waals surface area (Å²) in [6.07, 6.45) is -0.121. The van der Waals surface area contributed by atoms with Gasteiger partial charge in [0, 0.05) is 18.7 Å². The van der Waals surface area contributed by atoms with Crippen LogP contribution in [0.5, 0.6) is 0 Å². The Kier molecular flexibility index (Phi) is 4.50. The van der Waals surface area contributed by atoms with E-state index in [4.69, 9.17) is 5.73 Å². The van der Waals surface area contributed by atoms with E-state index < -0.39 is 0 Å². The molecule has 1 amide bonds. The van der Waals surface area contributed by atoms with E-state index in [1.54, 1.807) is 24.3 Å².